The molecule has 0 aromatic heterocycles. The minimum absolute atomic E-state index is 0.0895. The highest BCUT2D eigenvalue weighted by molar-refractivity contribution is 6.31. The van der Waals surface area contributed by atoms with E-state index in [2.05, 4.69) is 10.6 Å². The second-order valence-corrected chi connectivity index (χ2v) is 6.17. The molecule has 136 valence electrons. The molecule has 7 nitrogen and oxygen atoms in total. The fourth-order valence-corrected chi connectivity index (χ4v) is 2.42. The largest absolute Gasteiger partial charge is 0.375 e. The van der Waals surface area contributed by atoms with Gasteiger partial charge in [0.1, 0.15) is 0 Å². The average Bonchev–Trinajstić information content (AvgIpc) is 2.60. The summed E-state index contributed by atoms with van der Waals surface area (Å²) in [5, 5.41) is 5.91. The van der Waals surface area contributed by atoms with Gasteiger partial charge in [0.2, 0.25) is 5.91 Å². The lowest BCUT2D eigenvalue weighted by atomic mass is 10.1. The Morgan fingerprint density at radius 2 is 1.85 bits per heavy atom. The number of nitrogens with two attached hydrogens (primary N) is 1. The predicted octanol–water partition coefficient (Wildman–Crippen LogP) is 2.19. The van der Waals surface area contributed by atoms with Crippen molar-refractivity contribution in [2.45, 2.75) is 0 Å². The summed E-state index contributed by atoms with van der Waals surface area (Å²) in [6.07, 6.45) is 0. The van der Waals surface area contributed by atoms with Gasteiger partial charge < -0.3 is 21.3 Å². The van der Waals surface area contributed by atoms with Gasteiger partial charge in [0.25, 0.3) is 11.8 Å². The fraction of sp³-hybridized carbons (Fsp3) is 0.167. The van der Waals surface area contributed by atoms with E-state index >= 15 is 0 Å². The number of rotatable bonds is 6. The minimum atomic E-state index is -0.648. The van der Waals surface area contributed by atoms with E-state index in [9.17, 15) is 14.4 Å². The summed E-state index contributed by atoms with van der Waals surface area (Å²) in [4.78, 5) is 37.0. The van der Waals surface area contributed by atoms with E-state index in [1.165, 1.54) is 11.0 Å². The van der Waals surface area contributed by atoms with Crippen molar-refractivity contribution in [1.29, 1.82) is 0 Å². The van der Waals surface area contributed by atoms with Crippen molar-refractivity contribution in [3.05, 3.63) is 58.6 Å². The first kappa shape index (κ1) is 19.3. The third-order valence-electron chi connectivity index (χ3n) is 3.49. The quantitative estimate of drug-likeness (QED) is 0.720. The molecular formula is C18H19ClN4O3. The Labute approximate surface area is 156 Å². The summed E-state index contributed by atoms with van der Waals surface area (Å²) in [6, 6.07) is 11.2. The summed E-state index contributed by atoms with van der Waals surface area (Å²) in [5.41, 5.74) is 6.88. The topological polar surface area (TPSA) is 105 Å². The second kappa shape index (κ2) is 8.35. The Morgan fingerprint density at radius 3 is 2.50 bits per heavy atom. The standard InChI is InChI=1S/C18H19ClN4O3/c1-23(2)18(26)11-4-3-5-13(8-11)22-16(24)10-21-15-7-6-12(19)9-14(15)17(20)25/h3-9,21H,10H2,1-2H3,(H2,20,25)(H,22,24). The maximum absolute atomic E-state index is 12.1. The lowest BCUT2D eigenvalue weighted by molar-refractivity contribution is -0.114. The summed E-state index contributed by atoms with van der Waals surface area (Å²) < 4.78 is 0. The van der Waals surface area contributed by atoms with Gasteiger partial charge in [-0.3, -0.25) is 14.4 Å². The Morgan fingerprint density at radius 1 is 1.12 bits per heavy atom. The van der Waals surface area contributed by atoms with Crippen molar-refractivity contribution in [2.75, 3.05) is 31.3 Å². The van der Waals surface area contributed by atoms with Crippen molar-refractivity contribution in [1.82, 2.24) is 4.90 Å². The number of halogens is 1. The minimum Gasteiger partial charge on any atom is -0.375 e. The van der Waals surface area contributed by atoms with Crippen molar-refractivity contribution in [3.63, 3.8) is 0 Å². The zero-order chi connectivity index (χ0) is 19.3. The van der Waals surface area contributed by atoms with Crippen LogP contribution in [0.4, 0.5) is 11.4 Å². The van der Waals surface area contributed by atoms with Crippen LogP contribution in [0.2, 0.25) is 5.02 Å². The van der Waals surface area contributed by atoms with E-state index in [0.29, 0.717) is 22.0 Å². The van der Waals surface area contributed by atoms with Crippen LogP contribution in [0.15, 0.2) is 42.5 Å². The molecule has 0 aliphatic carbocycles. The van der Waals surface area contributed by atoms with Crippen molar-refractivity contribution >= 4 is 40.7 Å². The number of hydrogen-bond acceptors (Lipinski definition) is 4. The van der Waals surface area contributed by atoms with Crippen LogP contribution in [0.3, 0.4) is 0 Å². The molecule has 8 heteroatoms. The van der Waals surface area contributed by atoms with E-state index in [0.717, 1.165) is 0 Å². The molecule has 0 saturated heterocycles. The van der Waals surface area contributed by atoms with E-state index in [4.69, 9.17) is 17.3 Å². The third-order valence-corrected chi connectivity index (χ3v) is 3.72. The van der Waals surface area contributed by atoms with Crippen LogP contribution >= 0.6 is 11.6 Å². The van der Waals surface area contributed by atoms with Gasteiger partial charge >= 0.3 is 0 Å². The molecule has 2 aromatic carbocycles. The zero-order valence-corrected chi connectivity index (χ0v) is 15.1. The molecule has 0 spiro atoms. The second-order valence-electron chi connectivity index (χ2n) is 5.74. The molecule has 0 unspecified atom stereocenters. The maximum Gasteiger partial charge on any atom is 0.253 e. The molecule has 2 rings (SSSR count). The highest BCUT2D eigenvalue weighted by Gasteiger charge is 2.12. The zero-order valence-electron chi connectivity index (χ0n) is 14.4. The Hall–Kier alpha value is -3.06. The van der Waals surface area contributed by atoms with E-state index in [-0.39, 0.29) is 23.9 Å². The number of anilines is 2. The highest BCUT2D eigenvalue weighted by atomic mass is 35.5. The third kappa shape index (κ3) is 4.97. The molecule has 0 saturated carbocycles. The first-order valence-corrected chi connectivity index (χ1v) is 8.10. The van der Waals surface area contributed by atoms with Crippen LogP contribution in [0.5, 0.6) is 0 Å². The van der Waals surface area contributed by atoms with Crippen LogP contribution in [0.25, 0.3) is 0 Å². The van der Waals surface area contributed by atoms with Gasteiger partial charge in [0, 0.05) is 36.1 Å². The van der Waals surface area contributed by atoms with Gasteiger partial charge in [-0.1, -0.05) is 17.7 Å². The number of hydrogen-bond donors (Lipinski definition) is 3. The average molecular weight is 375 g/mol. The van der Waals surface area contributed by atoms with Crippen LogP contribution in [0, 0.1) is 0 Å². The summed E-state index contributed by atoms with van der Waals surface area (Å²) in [6.45, 7) is -0.0895. The summed E-state index contributed by atoms with van der Waals surface area (Å²) in [7, 11) is 3.31. The molecule has 26 heavy (non-hydrogen) atoms. The normalized spacial score (nSPS) is 10.1. The van der Waals surface area contributed by atoms with Gasteiger partial charge in [-0.05, 0) is 36.4 Å². The molecule has 3 amide bonds. The summed E-state index contributed by atoms with van der Waals surface area (Å²) in [5.74, 6) is -1.15. The number of primary amides is 1. The van der Waals surface area contributed by atoms with E-state index in [1.54, 1.807) is 50.5 Å². The highest BCUT2D eigenvalue weighted by Crippen LogP contribution is 2.20. The van der Waals surface area contributed by atoms with Crippen LogP contribution in [0.1, 0.15) is 20.7 Å². The molecule has 0 heterocycles. The molecule has 0 fully saturated rings. The number of carbonyl (C=O) groups is 3. The number of benzene rings is 2. The lowest BCUT2D eigenvalue weighted by Gasteiger charge is -2.13. The monoisotopic (exact) mass is 374 g/mol. The van der Waals surface area contributed by atoms with Gasteiger partial charge in [0.05, 0.1) is 12.1 Å². The maximum atomic E-state index is 12.1. The van der Waals surface area contributed by atoms with Gasteiger partial charge in [-0.15, -0.1) is 0 Å². The van der Waals surface area contributed by atoms with E-state index < -0.39 is 5.91 Å². The fourth-order valence-electron chi connectivity index (χ4n) is 2.24. The van der Waals surface area contributed by atoms with Crippen LogP contribution in [-0.4, -0.2) is 43.3 Å². The van der Waals surface area contributed by atoms with Crippen LogP contribution < -0.4 is 16.4 Å². The van der Waals surface area contributed by atoms with E-state index in [1.807, 2.05) is 0 Å². The first-order valence-electron chi connectivity index (χ1n) is 7.72. The molecule has 0 aliphatic rings. The molecule has 2 aromatic rings. The van der Waals surface area contributed by atoms with Crippen molar-refractivity contribution in [3.8, 4) is 0 Å². The summed E-state index contributed by atoms with van der Waals surface area (Å²) >= 11 is 5.85. The number of amides is 3. The molecule has 0 radical (unpaired) electrons. The Balaban J connectivity index is 2.03. The predicted molar refractivity (Wildman–Crippen MR) is 102 cm³/mol. The SMILES string of the molecule is CN(C)C(=O)c1cccc(NC(=O)CNc2ccc(Cl)cc2C(N)=O)c1. The van der Waals surface area contributed by atoms with Crippen LogP contribution in [-0.2, 0) is 4.79 Å². The molecule has 0 bridgehead atoms. The molecule has 0 aliphatic heterocycles. The molecular weight excluding hydrogens is 356 g/mol. The first-order chi connectivity index (χ1) is 12.3. The Bertz CT molecular complexity index is 852. The van der Waals surface area contributed by atoms with Gasteiger partial charge in [0.15, 0.2) is 0 Å². The number of nitrogens with one attached hydrogen (secondary N) is 2. The smallest absolute Gasteiger partial charge is 0.253 e. The number of carbonyl (C=O) groups excluding carboxylic acids is 3. The van der Waals surface area contributed by atoms with Crippen molar-refractivity contribution < 1.29 is 14.4 Å². The van der Waals surface area contributed by atoms with Gasteiger partial charge in [-0.2, -0.15) is 0 Å². The molecule has 0 atom stereocenters. The lowest BCUT2D eigenvalue weighted by Crippen LogP contribution is -2.24. The number of nitrogens with zero attached hydrogens (tertiary/aromatic N) is 1. The van der Waals surface area contributed by atoms with Crippen molar-refractivity contribution in [2.24, 2.45) is 5.73 Å². The van der Waals surface area contributed by atoms with Gasteiger partial charge in [-0.25, -0.2) is 0 Å². The Kier molecular flexibility index (Phi) is 6.19. The molecule has 4 N–H and O–H groups in total.